The number of nitrogens with zero attached hydrogens (tertiary/aromatic N) is 4. The molecular weight excluding hydrogens is 288 g/mol. The maximum absolute atomic E-state index is 5.36. The lowest BCUT2D eigenvalue weighted by Gasteiger charge is -2.19. The van der Waals surface area contributed by atoms with E-state index in [1.54, 1.807) is 0 Å². The third-order valence-electron chi connectivity index (χ3n) is 4.23. The molecule has 5 nitrogen and oxygen atoms in total. The van der Waals surface area contributed by atoms with Crippen LogP contribution < -0.4 is 0 Å². The van der Waals surface area contributed by atoms with E-state index >= 15 is 0 Å². The molecule has 1 aliphatic heterocycles. The normalized spacial score (nSPS) is 16.7. The van der Waals surface area contributed by atoms with Crippen molar-refractivity contribution in [2.75, 3.05) is 27.2 Å². The molecule has 0 N–H and O–H groups in total. The SMILES string of the molecule is CN(C)Cc1noc(-c2ccc(CN3CCCCCC3)cc2)n1. The fourth-order valence-corrected chi connectivity index (χ4v) is 3.02. The van der Waals surface area contributed by atoms with E-state index in [1.807, 2.05) is 19.0 Å². The van der Waals surface area contributed by atoms with Crippen molar-refractivity contribution in [1.82, 2.24) is 19.9 Å². The Morgan fingerprint density at radius 3 is 2.39 bits per heavy atom. The van der Waals surface area contributed by atoms with Crippen molar-refractivity contribution < 1.29 is 4.52 Å². The molecule has 2 aromatic rings. The van der Waals surface area contributed by atoms with Crippen molar-refractivity contribution >= 4 is 0 Å². The van der Waals surface area contributed by atoms with Crippen LogP contribution in [0.25, 0.3) is 11.5 Å². The summed E-state index contributed by atoms with van der Waals surface area (Å²) < 4.78 is 5.36. The maximum atomic E-state index is 5.36. The minimum Gasteiger partial charge on any atom is -0.334 e. The van der Waals surface area contributed by atoms with E-state index in [-0.39, 0.29) is 0 Å². The van der Waals surface area contributed by atoms with E-state index in [9.17, 15) is 0 Å². The summed E-state index contributed by atoms with van der Waals surface area (Å²) in [6.07, 6.45) is 5.41. The Balaban J connectivity index is 1.63. The molecule has 23 heavy (non-hydrogen) atoms. The zero-order valence-corrected chi connectivity index (χ0v) is 14.2. The molecule has 0 amide bonds. The molecule has 1 saturated heterocycles. The van der Waals surface area contributed by atoms with Gasteiger partial charge in [-0.15, -0.1) is 0 Å². The van der Waals surface area contributed by atoms with Crippen LogP contribution >= 0.6 is 0 Å². The lowest BCUT2D eigenvalue weighted by atomic mass is 10.1. The highest BCUT2D eigenvalue weighted by atomic mass is 16.5. The monoisotopic (exact) mass is 314 g/mol. The topological polar surface area (TPSA) is 45.4 Å². The van der Waals surface area contributed by atoms with Crippen LogP contribution in [0, 0.1) is 0 Å². The van der Waals surface area contributed by atoms with Gasteiger partial charge in [0.1, 0.15) is 0 Å². The fraction of sp³-hybridized carbons (Fsp3) is 0.556. The molecule has 0 saturated carbocycles. The smallest absolute Gasteiger partial charge is 0.257 e. The minimum atomic E-state index is 0.600. The van der Waals surface area contributed by atoms with Crippen molar-refractivity contribution in [2.24, 2.45) is 0 Å². The standard InChI is InChI=1S/C18H26N4O/c1-21(2)14-17-19-18(23-20-17)16-9-7-15(8-10-16)13-22-11-5-3-4-6-12-22/h7-10H,3-6,11-14H2,1-2H3. The van der Waals surface area contributed by atoms with E-state index in [1.165, 1.54) is 44.3 Å². The van der Waals surface area contributed by atoms with Crippen LogP contribution in [-0.4, -0.2) is 47.1 Å². The van der Waals surface area contributed by atoms with Crippen molar-refractivity contribution in [3.05, 3.63) is 35.7 Å². The Bertz CT molecular complexity index is 598. The average Bonchev–Trinajstić information content (AvgIpc) is 2.83. The Labute approximate surface area is 138 Å². The van der Waals surface area contributed by atoms with Crippen LogP contribution in [0.1, 0.15) is 37.1 Å². The molecule has 0 bridgehead atoms. The first-order valence-electron chi connectivity index (χ1n) is 8.50. The summed E-state index contributed by atoms with van der Waals surface area (Å²) in [4.78, 5) is 9.03. The van der Waals surface area contributed by atoms with Crippen LogP contribution in [-0.2, 0) is 13.1 Å². The second kappa shape index (κ2) is 7.70. The van der Waals surface area contributed by atoms with Crippen LogP contribution in [0.2, 0.25) is 0 Å². The van der Waals surface area contributed by atoms with Gasteiger partial charge in [-0.25, -0.2) is 0 Å². The first-order chi connectivity index (χ1) is 11.2. The summed E-state index contributed by atoms with van der Waals surface area (Å²) in [5.41, 5.74) is 2.34. The van der Waals surface area contributed by atoms with Crippen molar-refractivity contribution in [3.63, 3.8) is 0 Å². The molecule has 0 atom stereocenters. The molecule has 5 heteroatoms. The Morgan fingerprint density at radius 2 is 1.74 bits per heavy atom. The van der Waals surface area contributed by atoms with Crippen molar-refractivity contribution in [3.8, 4) is 11.5 Å². The summed E-state index contributed by atoms with van der Waals surface area (Å²) in [7, 11) is 3.99. The van der Waals surface area contributed by atoms with Gasteiger partial charge in [0, 0.05) is 12.1 Å². The molecule has 1 fully saturated rings. The maximum Gasteiger partial charge on any atom is 0.257 e. The largest absolute Gasteiger partial charge is 0.334 e. The van der Waals surface area contributed by atoms with Gasteiger partial charge in [0.25, 0.3) is 5.89 Å². The van der Waals surface area contributed by atoms with Crippen molar-refractivity contribution in [2.45, 2.75) is 38.8 Å². The molecule has 2 heterocycles. The van der Waals surface area contributed by atoms with Gasteiger partial charge in [-0.05, 0) is 57.7 Å². The lowest BCUT2D eigenvalue weighted by molar-refractivity contribution is 0.277. The Morgan fingerprint density at radius 1 is 1.04 bits per heavy atom. The zero-order valence-electron chi connectivity index (χ0n) is 14.2. The van der Waals surface area contributed by atoms with Gasteiger partial charge in [0.2, 0.25) is 0 Å². The number of hydrogen-bond acceptors (Lipinski definition) is 5. The molecule has 124 valence electrons. The Kier molecular flexibility index (Phi) is 5.41. The quantitative estimate of drug-likeness (QED) is 0.848. The highest BCUT2D eigenvalue weighted by Gasteiger charge is 2.11. The summed E-state index contributed by atoms with van der Waals surface area (Å²) in [6, 6.07) is 8.52. The summed E-state index contributed by atoms with van der Waals surface area (Å²) in [6.45, 7) is 4.17. The molecule has 0 spiro atoms. The lowest BCUT2D eigenvalue weighted by Crippen LogP contribution is -2.23. The van der Waals surface area contributed by atoms with Gasteiger partial charge < -0.3 is 9.42 Å². The second-order valence-corrected chi connectivity index (χ2v) is 6.64. The number of benzene rings is 1. The first kappa shape index (κ1) is 16.1. The summed E-state index contributed by atoms with van der Waals surface area (Å²) in [5.74, 6) is 1.32. The summed E-state index contributed by atoms with van der Waals surface area (Å²) in [5, 5.41) is 4.02. The molecule has 0 aliphatic carbocycles. The van der Waals surface area contributed by atoms with Gasteiger partial charge in [-0.3, -0.25) is 4.90 Å². The molecule has 1 aromatic heterocycles. The van der Waals surface area contributed by atoms with Gasteiger partial charge in [-0.2, -0.15) is 4.98 Å². The minimum absolute atomic E-state index is 0.600. The third kappa shape index (κ3) is 4.62. The molecule has 0 unspecified atom stereocenters. The van der Waals surface area contributed by atoms with E-state index in [0.717, 1.165) is 17.9 Å². The number of aromatic nitrogens is 2. The van der Waals surface area contributed by atoms with Gasteiger partial charge in [-0.1, -0.05) is 30.1 Å². The molecule has 1 aromatic carbocycles. The van der Waals surface area contributed by atoms with Gasteiger partial charge in [0.15, 0.2) is 5.82 Å². The predicted octanol–water partition coefficient (Wildman–Crippen LogP) is 3.17. The van der Waals surface area contributed by atoms with E-state index in [2.05, 4.69) is 39.3 Å². The molecule has 3 rings (SSSR count). The average molecular weight is 314 g/mol. The van der Waals surface area contributed by atoms with Crippen LogP contribution in [0.4, 0.5) is 0 Å². The predicted molar refractivity (Wildman–Crippen MR) is 90.9 cm³/mol. The zero-order chi connectivity index (χ0) is 16.1. The number of likely N-dealkylation sites (tertiary alicyclic amines) is 1. The van der Waals surface area contributed by atoms with Crippen molar-refractivity contribution in [1.29, 1.82) is 0 Å². The van der Waals surface area contributed by atoms with Crippen LogP contribution in [0.15, 0.2) is 28.8 Å². The van der Waals surface area contributed by atoms with Gasteiger partial charge >= 0.3 is 0 Å². The first-order valence-corrected chi connectivity index (χ1v) is 8.50. The van der Waals surface area contributed by atoms with E-state index in [0.29, 0.717) is 12.4 Å². The third-order valence-corrected chi connectivity index (χ3v) is 4.23. The van der Waals surface area contributed by atoms with Crippen LogP contribution in [0.5, 0.6) is 0 Å². The highest BCUT2D eigenvalue weighted by molar-refractivity contribution is 5.53. The Hall–Kier alpha value is -1.72. The molecule has 1 aliphatic rings. The van der Waals surface area contributed by atoms with E-state index in [4.69, 9.17) is 4.52 Å². The van der Waals surface area contributed by atoms with Gasteiger partial charge in [0.05, 0.1) is 6.54 Å². The fourth-order valence-electron chi connectivity index (χ4n) is 3.02. The number of rotatable bonds is 5. The number of hydrogen-bond donors (Lipinski definition) is 0. The molecule has 0 radical (unpaired) electrons. The highest BCUT2D eigenvalue weighted by Crippen LogP contribution is 2.19. The van der Waals surface area contributed by atoms with E-state index < -0.39 is 0 Å². The molecular formula is C18H26N4O. The second-order valence-electron chi connectivity index (χ2n) is 6.64. The summed E-state index contributed by atoms with van der Waals surface area (Å²) >= 11 is 0. The van der Waals surface area contributed by atoms with Crippen LogP contribution in [0.3, 0.4) is 0 Å².